The fourth-order valence-electron chi connectivity index (χ4n) is 2.18. The Balaban J connectivity index is 1.61. The minimum atomic E-state index is -4.32. The molecule has 0 spiro atoms. The van der Waals surface area contributed by atoms with Crippen molar-refractivity contribution in [2.45, 2.75) is 18.4 Å². The largest absolute Gasteiger partial charge is 0.484 e. The molecule has 0 aromatic heterocycles. The van der Waals surface area contributed by atoms with Crippen molar-refractivity contribution in [3.63, 3.8) is 0 Å². The maximum Gasteiger partial charge on any atom is 0.422 e. The number of hydrogen-bond donors (Lipinski definition) is 0. The van der Waals surface area contributed by atoms with Crippen molar-refractivity contribution in [1.29, 1.82) is 0 Å². The topological polar surface area (TPSA) is 21.8 Å². The molecule has 1 aliphatic rings. The van der Waals surface area contributed by atoms with Gasteiger partial charge in [-0.2, -0.15) is 13.2 Å². The van der Waals surface area contributed by atoms with Gasteiger partial charge in [0.25, 0.3) is 0 Å². The van der Waals surface area contributed by atoms with Gasteiger partial charge in [-0.15, -0.1) is 0 Å². The molecule has 0 radical (unpaired) electrons. The Morgan fingerprint density at radius 3 is 2.00 bits per heavy atom. The molecule has 0 bridgehead atoms. The van der Waals surface area contributed by atoms with Crippen LogP contribution in [0.2, 0.25) is 0 Å². The third-order valence-corrected chi connectivity index (χ3v) is 3.23. The van der Waals surface area contributed by atoms with E-state index in [1.54, 1.807) is 12.1 Å². The maximum absolute atomic E-state index is 12.1. The number of halogens is 3. The van der Waals surface area contributed by atoms with Gasteiger partial charge in [0.2, 0.25) is 0 Å². The third kappa shape index (κ3) is 3.55. The molecular weight excluding hydrogens is 281 g/mol. The first kappa shape index (κ1) is 13.9. The van der Waals surface area contributed by atoms with E-state index in [1.807, 2.05) is 30.3 Å². The first-order valence-electron chi connectivity index (χ1n) is 6.53. The first-order chi connectivity index (χ1) is 10.0. The number of ether oxygens (including phenoxy) is 2. The lowest BCUT2D eigenvalue weighted by Crippen LogP contribution is -2.19. The molecule has 2 unspecified atom stereocenters. The highest BCUT2D eigenvalue weighted by Gasteiger charge is 2.41. The minimum Gasteiger partial charge on any atom is -0.484 e. The predicted molar refractivity (Wildman–Crippen MR) is 71.0 cm³/mol. The molecule has 3 rings (SSSR count). The summed E-state index contributed by atoms with van der Waals surface area (Å²) in [5.74, 6) is 0.202. The van der Waals surface area contributed by atoms with Crippen LogP contribution in [0.25, 0.3) is 0 Å². The van der Waals surface area contributed by atoms with Crippen LogP contribution in [0.5, 0.6) is 5.75 Å². The van der Waals surface area contributed by atoms with Crippen molar-refractivity contribution in [2.24, 2.45) is 0 Å². The van der Waals surface area contributed by atoms with Crippen LogP contribution in [-0.2, 0) is 4.74 Å². The van der Waals surface area contributed by atoms with E-state index in [2.05, 4.69) is 4.74 Å². The summed E-state index contributed by atoms with van der Waals surface area (Å²) in [6, 6.07) is 16.4. The molecule has 0 N–H and O–H groups in total. The molecule has 5 heteroatoms. The zero-order chi connectivity index (χ0) is 14.9. The van der Waals surface area contributed by atoms with Gasteiger partial charge >= 0.3 is 6.18 Å². The van der Waals surface area contributed by atoms with Crippen LogP contribution in [0.1, 0.15) is 23.3 Å². The van der Waals surface area contributed by atoms with E-state index in [0.717, 1.165) is 11.1 Å². The van der Waals surface area contributed by atoms with Crippen molar-refractivity contribution in [3.8, 4) is 5.75 Å². The van der Waals surface area contributed by atoms with Gasteiger partial charge in [0, 0.05) is 0 Å². The zero-order valence-electron chi connectivity index (χ0n) is 11.0. The number of benzene rings is 2. The molecular formula is C16H13F3O2. The van der Waals surface area contributed by atoms with E-state index >= 15 is 0 Å². The molecule has 1 heterocycles. The van der Waals surface area contributed by atoms with Gasteiger partial charge in [0.1, 0.15) is 18.0 Å². The summed E-state index contributed by atoms with van der Waals surface area (Å²) in [5.41, 5.74) is 2.03. The van der Waals surface area contributed by atoms with Crippen LogP contribution in [0.4, 0.5) is 13.2 Å². The van der Waals surface area contributed by atoms with Crippen molar-refractivity contribution < 1.29 is 22.6 Å². The molecule has 21 heavy (non-hydrogen) atoms. The lowest BCUT2D eigenvalue weighted by Gasteiger charge is -2.09. The second kappa shape index (κ2) is 5.41. The standard InChI is InChI=1S/C16H13F3O2/c17-16(18,19)10-20-13-8-6-12(7-9-13)15-14(21-15)11-4-2-1-3-5-11/h1-9,14-15H,10H2. The molecule has 2 aromatic rings. The average molecular weight is 294 g/mol. The van der Waals surface area contributed by atoms with Gasteiger partial charge in [-0.1, -0.05) is 42.5 Å². The number of alkyl halides is 3. The van der Waals surface area contributed by atoms with Crippen LogP contribution in [-0.4, -0.2) is 12.8 Å². The van der Waals surface area contributed by atoms with Gasteiger partial charge in [-0.25, -0.2) is 0 Å². The molecule has 1 aliphatic heterocycles. The SMILES string of the molecule is FC(F)(F)COc1ccc(C2OC2c2ccccc2)cc1. The fourth-order valence-corrected chi connectivity index (χ4v) is 2.18. The van der Waals surface area contributed by atoms with Crippen LogP contribution in [0.15, 0.2) is 54.6 Å². The van der Waals surface area contributed by atoms with Crippen LogP contribution in [0.3, 0.4) is 0 Å². The molecule has 0 aliphatic carbocycles. The van der Waals surface area contributed by atoms with Gasteiger partial charge in [0.15, 0.2) is 6.61 Å². The molecule has 2 aromatic carbocycles. The smallest absolute Gasteiger partial charge is 0.422 e. The van der Waals surface area contributed by atoms with Crippen LogP contribution in [0, 0.1) is 0 Å². The number of rotatable bonds is 4. The second-order valence-electron chi connectivity index (χ2n) is 4.86. The zero-order valence-corrected chi connectivity index (χ0v) is 11.0. The van der Waals surface area contributed by atoms with E-state index in [1.165, 1.54) is 12.1 Å². The van der Waals surface area contributed by atoms with Crippen LogP contribution >= 0.6 is 0 Å². The van der Waals surface area contributed by atoms with Crippen molar-refractivity contribution in [3.05, 3.63) is 65.7 Å². The summed E-state index contributed by atoms with van der Waals surface area (Å²) < 4.78 is 46.5. The fraction of sp³-hybridized carbons (Fsp3) is 0.250. The van der Waals surface area contributed by atoms with Crippen molar-refractivity contribution >= 4 is 0 Å². The highest BCUT2D eigenvalue weighted by molar-refractivity contribution is 5.34. The third-order valence-electron chi connectivity index (χ3n) is 3.23. The average Bonchev–Trinajstić information content (AvgIpc) is 3.26. The molecule has 0 amide bonds. The minimum absolute atomic E-state index is 0.0214. The normalized spacial score (nSPS) is 21.1. The van der Waals surface area contributed by atoms with E-state index in [4.69, 9.17) is 4.74 Å². The van der Waals surface area contributed by atoms with E-state index < -0.39 is 12.8 Å². The molecule has 110 valence electrons. The summed E-state index contributed by atoms with van der Waals surface area (Å²) >= 11 is 0. The Bertz CT molecular complexity index is 593. The monoisotopic (exact) mass is 294 g/mol. The number of hydrogen-bond acceptors (Lipinski definition) is 2. The summed E-state index contributed by atoms with van der Waals surface area (Å²) in [4.78, 5) is 0. The van der Waals surface area contributed by atoms with Gasteiger partial charge in [0.05, 0.1) is 0 Å². The van der Waals surface area contributed by atoms with E-state index in [9.17, 15) is 13.2 Å². The Kier molecular flexibility index (Phi) is 3.59. The Hall–Kier alpha value is -2.01. The van der Waals surface area contributed by atoms with Gasteiger partial charge in [-0.3, -0.25) is 0 Å². The summed E-state index contributed by atoms with van der Waals surface area (Å²) in [7, 11) is 0. The van der Waals surface area contributed by atoms with E-state index in [-0.39, 0.29) is 18.0 Å². The molecule has 2 nitrogen and oxygen atoms in total. The molecule has 2 atom stereocenters. The molecule has 1 fully saturated rings. The van der Waals surface area contributed by atoms with Crippen molar-refractivity contribution in [1.82, 2.24) is 0 Å². The Morgan fingerprint density at radius 1 is 0.857 bits per heavy atom. The maximum atomic E-state index is 12.1. The van der Waals surface area contributed by atoms with Gasteiger partial charge < -0.3 is 9.47 Å². The Morgan fingerprint density at radius 2 is 1.43 bits per heavy atom. The lowest BCUT2D eigenvalue weighted by atomic mass is 10.0. The van der Waals surface area contributed by atoms with E-state index in [0.29, 0.717) is 0 Å². The molecule has 0 saturated carbocycles. The lowest BCUT2D eigenvalue weighted by molar-refractivity contribution is -0.153. The second-order valence-corrected chi connectivity index (χ2v) is 4.86. The van der Waals surface area contributed by atoms with Crippen LogP contribution < -0.4 is 4.74 Å². The van der Waals surface area contributed by atoms with Crippen molar-refractivity contribution in [2.75, 3.05) is 6.61 Å². The quantitative estimate of drug-likeness (QED) is 0.778. The Labute approximate surface area is 120 Å². The number of epoxide rings is 1. The summed E-state index contributed by atoms with van der Waals surface area (Å²) in [6.45, 7) is -1.28. The first-order valence-corrected chi connectivity index (χ1v) is 6.53. The summed E-state index contributed by atoms with van der Waals surface area (Å²) in [6.07, 6.45) is -4.34. The summed E-state index contributed by atoms with van der Waals surface area (Å²) in [5, 5.41) is 0. The van der Waals surface area contributed by atoms with Gasteiger partial charge in [-0.05, 0) is 23.3 Å². The highest BCUT2D eigenvalue weighted by atomic mass is 19.4. The highest BCUT2D eigenvalue weighted by Crippen LogP contribution is 2.50. The predicted octanol–water partition coefficient (Wildman–Crippen LogP) is 4.44. The molecule has 1 saturated heterocycles.